The molecule has 3 heteroatoms. The maximum absolute atomic E-state index is 11.4. The molecule has 0 unspecified atom stereocenters. The number of carbonyl (C=O) groups is 1. The van der Waals surface area contributed by atoms with E-state index in [0.29, 0.717) is 19.0 Å². The smallest absolute Gasteiger partial charge is 0.206 e. The van der Waals surface area contributed by atoms with E-state index in [4.69, 9.17) is 0 Å². The molecule has 0 atom stereocenters. The van der Waals surface area contributed by atoms with Crippen LogP contribution < -0.4 is 9.13 Å². The zero-order chi connectivity index (χ0) is 15.9. The molecule has 0 fully saturated rings. The maximum Gasteiger partial charge on any atom is 0.206 e. The number of carbonyl (C=O) groups excluding carboxylic acids is 1. The summed E-state index contributed by atoms with van der Waals surface area (Å²) in [5, 5.41) is 0. The standard InChI is InChI=1S/C19H26N2O/c1-4-19(22)15-20-11-7-17(8-12-20)5-6-18-9-13-21(14-10-18)16(2)3/h7-14,16H,4-6,15H2,1-3H3/q+2. The second-order valence-corrected chi connectivity index (χ2v) is 6.02. The Kier molecular flexibility index (Phi) is 5.82. The van der Waals surface area contributed by atoms with Gasteiger partial charge in [-0.3, -0.25) is 4.79 Å². The molecule has 0 N–H and O–H groups in total. The zero-order valence-corrected chi connectivity index (χ0v) is 13.8. The van der Waals surface area contributed by atoms with Crippen molar-refractivity contribution in [3.05, 3.63) is 60.2 Å². The van der Waals surface area contributed by atoms with Gasteiger partial charge in [-0.2, -0.15) is 4.57 Å². The van der Waals surface area contributed by atoms with Crippen molar-refractivity contribution in [1.29, 1.82) is 0 Å². The van der Waals surface area contributed by atoms with Crippen LogP contribution in [0.3, 0.4) is 0 Å². The van der Waals surface area contributed by atoms with Crippen LogP contribution in [0.15, 0.2) is 49.1 Å². The average Bonchev–Trinajstić information content (AvgIpc) is 2.54. The summed E-state index contributed by atoms with van der Waals surface area (Å²) in [5.74, 6) is 0.264. The molecule has 0 amide bonds. The van der Waals surface area contributed by atoms with Crippen LogP contribution in [-0.2, 0) is 24.2 Å². The Hall–Kier alpha value is -2.03. The SMILES string of the molecule is CCC(=O)C[n+]1ccc(CCc2cc[n+](C(C)C)cc2)cc1. The summed E-state index contributed by atoms with van der Waals surface area (Å²) in [6.07, 6.45) is 11.0. The molecular weight excluding hydrogens is 272 g/mol. The number of Topliss-reactive ketones (excluding diaryl/α,β-unsaturated/α-hetero) is 1. The van der Waals surface area contributed by atoms with Gasteiger partial charge in [-0.05, 0) is 37.8 Å². The van der Waals surface area contributed by atoms with Crippen molar-refractivity contribution in [3.8, 4) is 0 Å². The molecule has 2 rings (SSSR count). The van der Waals surface area contributed by atoms with E-state index >= 15 is 0 Å². The van der Waals surface area contributed by atoms with Crippen molar-refractivity contribution < 1.29 is 13.9 Å². The topological polar surface area (TPSA) is 24.8 Å². The third-order valence-electron chi connectivity index (χ3n) is 3.93. The van der Waals surface area contributed by atoms with Crippen LogP contribution in [-0.4, -0.2) is 5.78 Å². The van der Waals surface area contributed by atoms with E-state index in [2.05, 4.69) is 55.1 Å². The van der Waals surface area contributed by atoms with Crippen molar-refractivity contribution in [1.82, 2.24) is 0 Å². The number of ketones is 1. The first-order chi connectivity index (χ1) is 10.6. The average molecular weight is 298 g/mol. The summed E-state index contributed by atoms with van der Waals surface area (Å²) in [6.45, 7) is 6.75. The van der Waals surface area contributed by atoms with Crippen molar-refractivity contribution in [3.63, 3.8) is 0 Å². The molecule has 0 aliphatic rings. The number of hydrogen-bond acceptors (Lipinski definition) is 1. The lowest BCUT2D eigenvalue weighted by molar-refractivity contribution is -0.716. The second-order valence-electron chi connectivity index (χ2n) is 6.02. The van der Waals surface area contributed by atoms with Gasteiger partial charge in [0.15, 0.2) is 36.6 Å². The molecule has 0 saturated heterocycles. The first-order valence-electron chi connectivity index (χ1n) is 8.08. The quantitative estimate of drug-likeness (QED) is 0.721. The third kappa shape index (κ3) is 4.76. The first kappa shape index (κ1) is 16.3. The molecule has 0 aliphatic carbocycles. The number of aromatic nitrogens is 2. The van der Waals surface area contributed by atoms with E-state index in [1.54, 1.807) is 0 Å². The molecule has 2 aromatic rings. The number of pyridine rings is 2. The molecule has 0 aromatic carbocycles. The minimum Gasteiger partial charge on any atom is -0.293 e. The minimum atomic E-state index is 0.264. The highest BCUT2D eigenvalue weighted by atomic mass is 16.1. The zero-order valence-electron chi connectivity index (χ0n) is 13.8. The molecule has 0 radical (unpaired) electrons. The molecule has 2 heterocycles. The van der Waals surface area contributed by atoms with E-state index in [1.807, 2.05) is 23.9 Å². The van der Waals surface area contributed by atoms with Crippen molar-refractivity contribution in [2.45, 2.75) is 52.6 Å². The molecule has 22 heavy (non-hydrogen) atoms. The second kappa shape index (κ2) is 7.83. The Morgan fingerprint density at radius 2 is 1.45 bits per heavy atom. The fourth-order valence-electron chi connectivity index (χ4n) is 2.34. The Bertz CT molecular complexity index is 600. The van der Waals surface area contributed by atoms with E-state index in [1.165, 1.54) is 11.1 Å². The Labute approximate surface area is 133 Å². The van der Waals surface area contributed by atoms with Crippen LogP contribution in [0.25, 0.3) is 0 Å². The highest BCUT2D eigenvalue weighted by Crippen LogP contribution is 2.05. The summed E-state index contributed by atoms with van der Waals surface area (Å²) in [7, 11) is 0. The van der Waals surface area contributed by atoms with Crippen LogP contribution in [0.5, 0.6) is 0 Å². The highest BCUT2D eigenvalue weighted by molar-refractivity contribution is 5.76. The normalized spacial score (nSPS) is 10.9. The van der Waals surface area contributed by atoms with Gasteiger partial charge in [-0.15, -0.1) is 0 Å². The fraction of sp³-hybridized carbons (Fsp3) is 0.421. The summed E-state index contributed by atoms with van der Waals surface area (Å²) >= 11 is 0. The minimum absolute atomic E-state index is 0.264. The van der Waals surface area contributed by atoms with Gasteiger partial charge in [0.2, 0.25) is 6.54 Å². The molecule has 0 bridgehead atoms. The third-order valence-corrected chi connectivity index (χ3v) is 3.93. The van der Waals surface area contributed by atoms with Gasteiger partial charge in [-0.25, -0.2) is 4.57 Å². The Balaban J connectivity index is 1.90. The van der Waals surface area contributed by atoms with E-state index in [9.17, 15) is 4.79 Å². The lowest BCUT2D eigenvalue weighted by Gasteiger charge is -2.03. The van der Waals surface area contributed by atoms with E-state index in [0.717, 1.165) is 12.8 Å². The van der Waals surface area contributed by atoms with Gasteiger partial charge in [-0.1, -0.05) is 6.92 Å². The van der Waals surface area contributed by atoms with Crippen LogP contribution in [0.2, 0.25) is 0 Å². The fourth-order valence-corrected chi connectivity index (χ4v) is 2.34. The largest absolute Gasteiger partial charge is 0.293 e. The lowest BCUT2D eigenvalue weighted by Crippen LogP contribution is -2.36. The van der Waals surface area contributed by atoms with E-state index < -0.39 is 0 Å². The summed E-state index contributed by atoms with van der Waals surface area (Å²) in [4.78, 5) is 11.4. The van der Waals surface area contributed by atoms with Crippen LogP contribution in [0.4, 0.5) is 0 Å². The van der Waals surface area contributed by atoms with Gasteiger partial charge in [0.05, 0.1) is 0 Å². The summed E-state index contributed by atoms with van der Waals surface area (Å²) in [6, 6.07) is 9.12. The van der Waals surface area contributed by atoms with Gasteiger partial charge in [0.25, 0.3) is 0 Å². The number of hydrogen-bond donors (Lipinski definition) is 0. The molecule has 3 nitrogen and oxygen atoms in total. The number of aryl methyl sites for hydroxylation is 2. The van der Waals surface area contributed by atoms with E-state index in [-0.39, 0.29) is 5.78 Å². The van der Waals surface area contributed by atoms with Crippen molar-refractivity contribution >= 4 is 5.78 Å². The Morgan fingerprint density at radius 3 is 1.91 bits per heavy atom. The van der Waals surface area contributed by atoms with Gasteiger partial charge in [0.1, 0.15) is 0 Å². The predicted octanol–water partition coefficient (Wildman–Crippen LogP) is 2.61. The highest BCUT2D eigenvalue weighted by Gasteiger charge is 2.08. The van der Waals surface area contributed by atoms with Crippen molar-refractivity contribution in [2.24, 2.45) is 0 Å². The predicted molar refractivity (Wildman–Crippen MR) is 86.4 cm³/mol. The summed E-state index contributed by atoms with van der Waals surface area (Å²) in [5.41, 5.74) is 2.66. The monoisotopic (exact) mass is 298 g/mol. The van der Waals surface area contributed by atoms with Gasteiger partial charge < -0.3 is 0 Å². The maximum atomic E-state index is 11.4. The van der Waals surface area contributed by atoms with Gasteiger partial charge in [0, 0.05) is 30.7 Å². The van der Waals surface area contributed by atoms with Gasteiger partial charge >= 0.3 is 0 Å². The van der Waals surface area contributed by atoms with Crippen LogP contribution in [0.1, 0.15) is 44.4 Å². The molecule has 0 spiro atoms. The summed E-state index contributed by atoms with van der Waals surface area (Å²) < 4.78 is 4.16. The molecule has 0 aliphatic heterocycles. The van der Waals surface area contributed by atoms with Crippen LogP contribution in [0, 0.1) is 0 Å². The lowest BCUT2D eigenvalue weighted by atomic mass is 10.1. The molecule has 116 valence electrons. The number of rotatable bonds is 7. The molecular formula is C19H26N2O+2. The number of nitrogens with zero attached hydrogens (tertiary/aromatic N) is 2. The van der Waals surface area contributed by atoms with Crippen molar-refractivity contribution in [2.75, 3.05) is 0 Å². The molecule has 2 aromatic heterocycles. The Morgan fingerprint density at radius 1 is 0.955 bits per heavy atom. The molecule has 0 saturated carbocycles. The van der Waals surface area contributed by atoms with Crippen LogP contribution >= 0.6 is 0 Å². The first-order valence-corrected chi connectivity index (χ1v) is 8.08.